The van der Waals surface area contributed by atoms with Gasteiger partial charge < -0.3 is 15.6 Å². The van der Waals surface area contributed by atoms with Gasteiger partial charge in [-0.05, 0) is 26.0 Å². The lowest BCUT2D eigenvalue weighted by molar-refractivity contribution is 0.0950. The molecule has 0 fully saturated rings. The van der Waals surface area contributed by atoms with Crippen LogP contribution in [0.5, 0.6) is 0 Å². The van der Waals surface area contributed by atoms with Gasteiger partial charge in [0.2, 0.25) is 0 Å². The number of anilines is 1. The fraction of sp³-hybridized carbons (Fsp3) is 0.308. The van der Waals surface area contributed by atoms with E-state index in [1.54, 1.807) is 30.6 Å². The van der Waals surface area contributed by atoms with Crippen molar-refractivity contribution in [2.75, 3.05) is 5.73 Å². The molecule has 100 valence electrons. The maximum absolute atomic E-state index is 12.0. The molecule has 1 aromatic carbocycles. The first-order valence-electron chi connectivity index (χ1n) is 6.10. The summed E-state index contributed by atoms with van der Waals surface area (Å²) in [6.45, 7) is 4.39. The highest BCUT2D eigenvalue weighted by atomic mass is 16.1. The molecule has 2 aromatic rings. The molecular formula is C13H17N5O. The smallest absolute Gasteiger partial charge is 0.253 e. The van der Waals surface area contributed by atoms with E-state index in [9.17, 15) is 4.79 Å². The van der Waals surface area contributed by atoms with Crippen LogP contribution in [-0.2, 0) is 6.54 Å². The standard InChI is InChI=1S/C13H17N5O/c1-9(2)18-8-16-17-12(18)7-15-13(19)10-5-3-4-6-11(10)14/h3-6,8-9H,7,14H2,1-2H3,(H,15,19). The van der Waals surface area contributed by atoms with E-state index in [0.29, 0.717) is 17.8 Å². The highest BCUT2D eigenvalue weighted by Gasteiger charge is 2.11. The average Bonchev–Trinajstić information content (AvgIpc) is 2.85. The minimum atomic E-state index is -0.212. The van der Waals surface area contributed by atoms with Gasteiger partial charge in [-0.15, -0.1) is 10.2 Å². The first-order chi connectivity index (χ1) is 9.09. The second-order valence-corrected chi connectivity index (χ2v) is 4.52. The molecule has 6 nitrogen and oxygen atoms in total. The van der Waals surface area contributed by atoms with E-state index >= 15 is 0 Å². The lowest BCUT2D eigenvalue weighted by Crippen LogP contribution is -2.25. The summed E-state index contributed by atoms with van der Waals surface area (Å²) in [7, 11) is 0. The van der Waals surface area contributed by atoms with Crippen molar-refractivity contribution in [2.45, 2.75) is 26.4 Å². The molecular weight excluding hydrogens is 242 g/mol. The number of benzene rings is 1. The number of carbonyl (C=O) groups excluding carboxylic acids is 1. The fourth-order valence-electron chi connectivity index (χ4n) is 1.78. The van der Waals surface area contributed by atoms with E-state index in [2.05, 4.69) is 15.5 Å². The monoisotopic (exact) mass is 259 g/mol. The van der Waals surface area contributed by atoms with Crippen molar-refractivity contribution in [1.29, 1.82) is 0 Å². The van der Waals surface area contributed by atoms with Gasteiger partial charge in [0.15, 0.2) is 5.82 Å². The van der Waals surface area contributed by atoms with Gasteiger partial charge in [-0.3, -0.25) is 4.79 Å². The number of para-hydroxylation sites is 1. The Kier molecular flexibility index (Phi) is 3.79. The molecule has 1 heterocycles. The van der Waals surface area contributed by atoms with Crippen LogP contribution in [0.4, 0.5) is 5.69 Å². The van der Waals surface area contributed by atoms with Gasteiger partial charge in [0, 0.05) is 11.7 Å². The van der Waals surface area contributed by atoms with Crippen LogP contribution in [-0.4, -0.2) is 20.7 Å². The van der Waals surface area contributed by atoms with Crippen molar-refractivity contribution in [3.63, 3.8) is 0 Å². The molecule has 0 unspecified atom stereocenters. The second-order valence-electron chi connectivity index (χ2n) is 4.52. The normalized spacial score (nSPS) is 10.7. The van der Waals surface area contributed by atoms with E-state index < -0.39 is 0 Å². The number of nitrogens with zero attached hydrogens (tertiary/aromatic N) is 3. The van der Waals surface area contributed by atoms with E-state index in [4.69, 9.17) is 5.73 Å². The van der Waals surface area contributed by atoms with Gasteiger partial charge in [0.05, 0.1) is 12.1 Å². The molecule has 6 heteroatoms. The molecule has 0 saturated carbocycles. The summed E-state index contributed by atoms with van der Waals surface area (Å²) in [4.78, 5) is 12.0. The van der Waals surface area contributed by atoms with Gasteiger partial charge in [0.1, 0.15) is 6.33 Å². The lowest BCUT2D eigenvalue weighted by Gasteiger charge is -2.11. The number of nitrogens with one attached hydrogen (secondary N) is 1. The van der Waals surface area contributed by atoms with Gasteiger partial charge in [-0.25, -0.2) is 0 Å². The number of amides is 1. The molecule has 0 aliphatic carbocycles. The van der Waals surface area contributed by atoms with Crippen LogP contribution >= 0.6 is 0 Å². The Morgan fingerprint density at radius 2 is 2.16 bits per heavy atom. The highest BCUT2D eigenvalue weighted by Crippen LogP contribution is 2.11. The van der Waals surface area contributed by atoms with Gasteiger partial charge in [0.25, 0.3) is 5.91 Å². The number of carbonyl (C=O) groups is 1. The molecule has 0 spiro atoms. The molecule has 0 bridgehead atoms. The number of aromatic nitrogens is 3. The summed E-state index contributed by atoms with van der Waals surface area (Å²) in [6, 6.07) is 7.22. The summed E-state index contributed by atoms with van der Waals surface area (Å²) >= 11 is 0. The summed E-state index contributed by atoms with van der Waals surface area (Å²) in [5, 5.41) is 10.6. The van der Waals surface area contributed by atoms with E-state index in [1.165, 1.54) is 0 Å². The molecule has 3 N–H and O–H groups in total. The Labute approximate surface area is 111 Å². The molecule has 0 aliphatic heterocycles. The predicted octanol–water partition coefficient (Wildman–Crippen LogP) is 1.37. The number of nitrogens with two attached hydrogens (primary N) is 1. The van der Waals surface area contributed by atoms with Crippen LogP contribution in [0.2, 0.25) is 0 Å². The zero-order valence-corrected chi connectivity index (χ0v) is 11.0. The van der Waals surface area contributed by atoms with Gasteiger partial charge in [-0.1, -0.05) is 12.1 Å². The molecule has 1 aromatic heterocycles. The fourth-order valence-corrected chi connectivity index (χ4v) is 1.78. The molecule has 0 saturated heterocycles. The van der Waals surface area contributed by atoms with E-state index in [1.807, 2.05) is 18.4 Å². The maximum atomic E-state index is 12.0. The topological polar surface area (TPSA) is 85.8 Å². The number of rotatable bonds is 4. The first kappa shape index (κ1) is 13.1. The Bertz CT molecular complexity index is 576. The number of nitrogen functional groups attached to an aromatic ring is 1. The Hall–Kier alpha value is -2.37. The van der Waals surface area contributed by atoms with Crippen LogP contribution in [0.1, 0.15) is 36.1 Å². The molecule has 0 aliphatic rings. The first-order valence-corrected chi connectivity index (χ1v) is 6.10. The van der Waals surface area contributed by atoms with Crippen LogP contribution < -0.4 is 11.1 Å². The number of hydrogen-bond acceptors (Lipinski definition) is 4. The SMILES string of the molecule is CC(C)n1cnnc1CNC(=O)c1ccccc1N. The second kappa shape index (κ2) is 5.51. The van der Waals surface area contributed by atoms with Crippen molar-refractivity contribution in [3.05, 3.63) is 42.0 Å². The zero-order chi connectivity index (χ0) is 13.8. The zero-order valence-electron chi connectivity index (χ0n) is 11.0. The minimum Gasteiger partial charge on any atom is -0.398 e. The number of hydrogen-bond donors (Lipinski definition) is 2. The largest absolute Gasteiger partial charge is 0.398 e. The summed E-state index contributed by atoms with van der Waals surface area (Å²) < 4.78 is 1.91. The van der Waals surface area contributed by atoms with Crippen molar-refractivity contribution in [2.24, 2.45) is 0 Å². The Morgan fingerprint density at radius 1 is 1.42 bits per heavy atom. The van der Waals surface area contributed by atoms with Crippen molar-refractivity contribution >= 4 is 11.6 Å². The molecule has 19 heavy (non-hydrogen) atoms. The third-order valence-electron chi connectivity index (χ3n) is 2.82. The Morgan fingerprint density at radius 3 is 2.84 bits per heavy atom. The maximum Gasteiger partial charge on any atom is 0.253 e. The molecule has 2 rings (SSSR count). The molecule has 0 atom stereocenters. The van der Waals surface area contributed by atoms with Crippen LogP contribution in [0.25, 0.3) is 0 Å². The van der Waals surface area contributed by atoms with Crippen LogP contribution in [0.3, 0.4) is 0 Å². The van der Waals surface area contributed by atoms with Crippen molar-refractivity contribution in [3.8, 4) is 0 Å². The van der Waals surface area contributed by atoms with Crippen molar-refractivity contribution in [1.82, 2.24) is 20.1 Å². The molecule has 1 amide bonds. The van der Waals surface area contributed by atoms with Gasteiger partial charge >= 0.3 is 0 Å². The van der Waals surface area contributed by atoms with Crippen LogP contribution in [0.15, 0.2) is 30.6 Å². The predicted molar refractivity (Wildman–Crippen MR) is 72.4 cm³/mol. The van der Waals surface area contributed by atoms with Crippen LogP contribution in [0, 0.1) is 0 Å². The third kappa shape index (κ3) is 2.90. The third-order valence-corrected chi connectivity index (χ3v) is 2.82. The van der Waals surface area contributed by atoms with Gasteiger partial charge in [-0.2, -0.15) is 0 Å². The average molecular weight is 259 g/mol. The summed E-state index contributed by atoms with van der Waals surface area (Å²) in [6.07, 6.45) is 1.66. The summed E-state index contributed by atoms with van der Waals surface area (Å²) in [5.74, 6) is 0.509. The highest BCUT2D eigenvalue weighted by molar-refractivity contribution is 5.98. The van der Waals surface area contributed by atoms with E-state index in [0.717, 1.165) is 5.82 Å². The Balaban J connectivity index is 2.05. The lowest BCUT2D eigenvalue weighted by atomic mass is 10.1. The summed E-state index contributed by atoms with van der Waals surface area (Å²) in [5.41, 5.74) is 6.69. The molecule has 0 radical (unpaired) electrons. The quantitative estimate of drug-likeness (QED) is 0.812. The minimum absolute atomic E-state index is 0.212. The van der Waals surface area contributed by atoms with E-state index in [-0.39, 0.29) is 11.9 Å². The van der Waals surface area contributed by atoms with Crippen molar-refractivity contribution < 1.29 is 4.79 Å².